The third kappa shape index (κ3) is 5.17. The second kappa shape index (κ2) is 9.15. The molecule has 1 saturated heterocycles. The summed E-state index contributed by atoms with van der Waals surface area (Å²) >= 11 is 1.14. The van der Waals surface area contributed by atoms with Crippen molar-refractivity contribution in [3.8, 4) is 5.75 Å². The van der Waals surface area contributed by atoms with Crippen LogP contribution in [0.4, 0.5) is 11.4 Å². The maximum absolute atomic E-state index is 12.2. The van der Waals surface area contributed by atoms with Gasteiger partial charge in [0.15, 0.2) is 5.17 Å². The first-order valence-corrected chi connectivity index (χ1v) is 8.45. The van der Waals surface area contributed by atoms with Gasteiger partial charge in [0.05, 0.1) is 31.3 Å². The zero-order valence-electron chi connectivity index (χ0n) is 14.2. The number of benzene rings is 1. The molecule has 0 saturated carbocycles. The number of amidine groups is 1. The molecule has 10 nitrogen and oxygen atoms in total. The summed E-state index contributed by atoms with van der Waals surface area (Å²) in [5.74, 6) is -0.535. The first-order valence-electron chi connectivity index (χ1n) is 7.57. The van der Waals surface area contributed by atoms with E-state index < -0.39 is 16.1 Å². The molecule has 0 radical (unpaired) electrons. The number of hydrogen-bond acceptors (Lipinski definition) is 8. The lowest BCUT2D eigenvalue weighted by atomic mass is 10.2. The molecular formula is C15H18N4O6S. The largest absolute Gasteiger partial charge is 0.496 e. The first-order chi connectivity index (χ1) is 12.4. The molecule has 140 valence electrons. The minimum absolute atomic E-state index is 0.0400. The smallest absolute Gasteiger partial charge is 0.296 e. The number of rotatable bonds is 8. The fourth-order valence-corrected chi connectivity index (χ4v) is 3.11. The number of nitrogens with zero attached hydrogens (tertiary/aromatic N) is 2. The molecule has 0 spiro atoms. The molecule has 1 aliphatic rings. The molecule has 0 unspecified atom stereocenters. The molecule has 1 heterocycles. The van der Waals surface area contributed by atoms with Crippen LogP contribution in [0.5, 0.6) is 5.75 Å². The number of amides is 2. The number of nitrogens with one attached hydrogen (secondary N) is 2. The van der Waals surface area contributed by atoms with E-state index in [0.717, 1.165) is 11.8 Å². The highest BCUT2D eigenvalue weighted by molar-refractivity contribution is 8.15. The van der Waals surface area contributed by atoms with Crippen LogP contribution in [-0.2, 0) is 14.3 Å². The summed E-state index contributed by atoms with van der Waals surface area (Å²) in [4.78, 5) is 38.8. The summed E-state index contributed by atoms with van der Waals surface area (Å²) in [6.45, 7) is 0.822. The van der Waals surface area contributed by atoms with Crippen LogP contribution in [0, 0.1) is 10.1 Å². The van der Waals surface area contributed by atoms with Gasteiger partial charge in [0.25, 0.3) is 5.69 Å². The highest BCUT2D eigenvalue weighted by atomic mass is 32.2. The van der Waals surface area contributed by atoms with Crippen molar-refractivity contribution in [1.29, 1.82) is 0 Å². The van der Waals surface area contributed by atoms with Gasteiger partial charge in [-0.25, -0.2) is 0 Å². The maximum atomic E-state index is 12.2. The van der Waals surface area contributed by atoms with Crippen LogP contribution in [0.25, 0.3) is 0 Å². The van der Waals surface area contributed by atoms with Crippen molar-refractivity contribution in [2.24, 2.45) is 4.99 Å². The van der Waals surface area contributed by atoms with Gasteiger partial charge in [0, 0.05) is 13.5 Å². The molecule has 0 aromatic heterocycles. The van der Waals surface area contributed by atoms with Crippen LogP contribution in [0.2, 0.25) is 0 Å². The number of nitro benzene ring substituents is 1. The summed E-state index contributed by atoms with van der Waals surface area (Å²) in [7, 11) is 2.94. The average molecular weight is 382 g/mol. The van der Waals surface area contributed by atoms with E-state index in [9.17, 15) is 19.7 Å². The summed E-state index contributed by atoms with van der Waals surface area (Å²) < 4.78 is 9.82. The SMILES string of the molecule is COCCN=C1NC(=O)[C@H](CC(=O)Nc2ccc(OC)cc2[N+](=O)[O-])S1. The molecular weight excluding hydrogens is 364 g/mol. The topological polar surface area (TPSA) is 132 Å². The minimum atomic E-state index is -0.645. The Balaban J connectivity index is 2.00. The van der Waals surface area contributed by atoms with Crippen molar-refractivity contribution < 1.29 is 24.0 Å². The molecule has 0 aliphatic carbocycles. The molecule has 26 heavy (non-hydrogen) atoms. The van der Waals surface area contributed by atoms with Gasteiger partial charge in [-0.15, -0.1) is 0 Å². The third-order valence-electron chi connectivity index (χ3n) is 3.37. The van der Waals surface area contributed by atoms with Gasteiger partial charge in [-0.1, -0.05) is 11.8 Å². The van der Waals surface area contributed by atoms with E-state index in [1.807, 2.05) is 0 Å². The van der Waals surface area contributed by atoms with Crippen molar-refractivity contribution in [2.45, 2.75) is 11.7 Å². The molecule has 2 N–H and O–H groups in total. The second-order valence-electron chi connectivity index (χ2n) is 5.17. The second-order valence-corrected chi connectivity index (χ2v) is 6.36. The fourth-order valence-electron chi connectivity index (χ4n) is 2.12. The maximum Gasteiger partial charge on any atom is 0.296 e. The molecule has 0 bridgehead atoms. The Morgan fingerprint density at radius 2 is 2.23 bits per heavy atom. The summed E-state index contributed by atoms with van der Waals surface area (Å²) in [6.07, 6.45) is -0.136. The van der Waals surface area contributed by atoms with Gasteiger partial charge >= 0.3 is 0 Å². The highest BCUT2D eigenvalue weighted by Crippen LogP contribution is 2.30. The Hall–Kier alpha value is -2.66. The lowest BCUT2D eigenvalue weighted by molar-refractivity contribution is -0.384. The molecule has 1 fully saturated rings. The number of hydrogen-bond donors (Lipinski definition) is 2. The monoisotopic (exact) mass is 382 g/mol. The average Bonchev–Trinajstić information content (AvgIpc) is 2.94. The van der Waals surface area contributed by atoms with Crippen molar-refractivity contribution in [3.05, 3.63) is 28.3 Å². The number of nitro groups is 1. The predicted molar refractivity (Wildman–Crippen MR) is 96.6 cm³/mol. The predicted octanol–water partition coefficient (Wildman–Crippen LogP) is 1.17. The van der Waals surface area contributed by atoms with Crippen molar-refractivity contribution in [2.75, 3.05) is 32.7 Å². The van der Waals surface area contributed by atoms with E-state index in [2.05, 4.69) is 15.6 Å². The lowest BCUT2D eigenvalue weighted by Gasteiger charge is -2.09. The Morgan fingerprint density at radius 3 is 2.88 bits per heavy atom. The van der Waals surface area contributed by atoms with Crippen LogP contribution >= 0.6 is 11.8 Å². The Morgan fingerprint density at radius 1 is 1.46 bits per heavy atom. The van der Waals surface area contributed by atoms with E-state index in [4.69, 9.17) is 9.47 Å². The van der Waals surface area contributed by atoms with Crippen molar-refractivity contribution in [3.63, 3.8) is 0 Å². The van der Waals surface area contributed by atoms with Gasteiger partial charge in [-0.2, -0.15) is 0 Å². The number of anilines is 1. The Labute approximate surface area is 153 Å². The van der Waals surface area contributed by atoms with E-state index in [0.29, 0.717) is 24.1 Å². The van der Waals surface area contributed by atoms with Crippen LogP contribution in [0.1, 0.15) is 6.42 Å². The van der Waals surface area contributed by atoms with E-state index in [1.54, 1.807) is 7.11 Å². The van der Waals surface area contributed by atoms with Crippen LogP contribution in [-0.4, -0.2) is 54.5 Å². The van der Waals surface area contributed by atoms with Crippen LogP contribution < -0.4 is 15.4 Å². The number of aliphatic imine (C=N–C) groups is 1. The number of ether oxygens (including phenoxy) is 2. The molecule has 1 aromatic rings. The zero-order chi connectivity index (χ0) is 19.1. The fraction of sp³-hybridized carbons (Fsp3) is 0.400. The van der Waals surface area contributed by atoms with Gasteiger partial charge in [-0.3, -0.25) is 24.7 Å². The Kier molecular flexibility index (Phi) is 6.92. The number of carbonyl (C=O) groups is 2. The van der Waals surface area contributed by atoms with Crippen molar-refractivity contribution >= 4 is 40.1 Å². The Bertz CT molecular complexity index is 739. The molecule has 11 heteroatoms. The number of methoxy groups -OCH3 is 2. The van der Waals surface area contributed by atoms with Gasteiger partial charge < -0.3 is 20.1 Å². The lowest BCUT2D eigenvalue weighted by Crippen LogP contribution is -2.28. The summed E-state index contributed by atoms with van der Waals surface area (Å²) in [5, 5.41) is 16.0. The van der Waals surface area contributed by atoms with Crippen LogP contribution in [0.15, 0.2) is 23.2 Å². The molecule has 2 rings (SSSR count). The van der Waals surface area contributed by atoms with Crippen molar-refractivity contribution in [1.82, 2.24) is 5.32 Å². The van der Waals surface area contributed by atoms with Crippen LogP contribution in [0.3, 0.4) is 0 Å². The zero-order valence-corrected chi connectivity index (χ0v) is 15.0. The number of carbonyl (C=O) groups excluding carboxylic acids is 2. The van der Waals surface area contributed by atoms with Gasteiger partial charge in [-0.05, 0) is 12.1 Å². The first kappa shape index (κ1) is 19.7. The molecule has 2 amide bonds. The van der Waals surface area contributed by atoms with Gasteiger partial charge in [0.1, 0.15) is 16.7 Å². The normalized spacial score (nSPS) is 17.8. The van der Waals surface area contributed by atoms with Gasteiger partial charge in [0.2, 0.25) is 11.8 Å². The quantitative estimate of drug-likeness (QED) is 0.392. The van der Waals surface area contributed by atoms with E-state index in [1.165, 1.54) is 25.3 Å². The summed E-state index contributed by atoms with van der Waals surface area (Å²) in [6, 6.07) is 4.10. The highest BCUT2D eigenvalue weighted by Gasteiger charge is 2.32. The minimum Gasteiger partial charge on any atom is -0.496 e. The third-order valence-corrected chi connectivity index (χ3v) is 4.49. The molecule has 1 aromatic carbocycles. The summed E-state index contributed by atoms with van der Waals surface area (Å²) in [5.41, 5.74) is -0.249. The van der Waals surface area contributed by atoms with E-state index in [-0.39, 0.29) is 23.7 Å². The standard InChI is InChI=1S/C15H18N4O6S/c1-24-6-5-16-15-18-14(21)12(26-15)8-13(20)17-10-4-3-9(25-2)7-11(10)19(22)23/h3-4,7,12H,5-6,8H2,1-2H3,(H,17,20)(H,16,18,21)/t12-/m0/s1. The number of thioether (sulfide) groups is 1. The van der Waals surface area contributed by atoms with E-state index >= 15 is 0 Å². The molecule has 1 atom stereocenters. The molecule has 1 aliphatic heterocycles.